The summed E-state index contributed by atoms with van der Waals surface area (Å²) in [5, 5.41) is 6.00. The van der Waals surface area contributed by atoms with Crippen LogP contribution in [-0.4, -0.2) is 10.9 Å². The Morgan fingerprint density at radius 1 is 1.17 bits per heavy atom. The van der Waals surface area contributed by atoms with E-state index in [0.29, 0.717) is 6.42 Å². The summed E-state index contributed by atoms with van der Waals surface area (Å²) in [6.07, 6.45) is 0.353. The van der Waals surface area contributed by atoms with Crippen molar-refractivity contribution in [2.24, 2.45) is 0 Å². The van der Waals surface area contributed by atoms with Crippen LogP contribution in [0.1, 0.15) is 21.0 Å². The molecule has 0 aliphatic heterocycles. The van der Waals surface area contributed by atoms with E-state index < -0.39 is 0 Å². The monoisotopic (exact) mass is 342 g/mol. The summed E-state index contributed by atoms with van der Waals surface area (Å²) < 4.78 is 0. The van der Waals surface area contributed by atoms with Crippen molar-refractivity contribution in [2.45, 2.75) is 27.2 Å². The van der Waals surface area contributed by atoms with Gasteiger partial charge in [0.2, 0.25) is 5.91 Å². The van der Waals surface area contributed by atoms with Crippen molar-refractivity contribution in [3.05, 3.63) is 56.7 Å². The molecular weight excluding hydrogens is 324 g/mol. The van der Waals surface area contributed by atoms with E-state index in [1.54, 1.807) is 22.7 Å². The Bertz CT molecular complexity index is 835. The van der Waals surface area contributed by atoms with Gasteiger partial charge in [-0.1, -0.05) is 12.1 Å². The molecule has 1 amide bonds. The maximum Gasteiger partial charge on any atom is 0.229 e. The molecular formula is C18H18N2OS2. The normalized spacial score (nSPS) is 10.7. The fraction of sp³-hybridized carbons (Fsp3) is 0.222. The van der Waals surface area contributed by atoms with E-state index in [4.69, 9.17) is 0 Å². The van der Waals surface area contributed by atoms with Gasteiger partial charge in [0.05, 0.1) is 22.0 Å². The van der Waals surface area contributed by atoms with Gasteiger partial charge in [0.15, 0.2) is 0 Å². The van der Waals surface area contributed by atoms with Gasteiger partial charge in [0, 0.05) is 10.6 Å². The van der Waals surface area contributed by atoms with Crippen LogP contribution in [0, 0.1) is 20.8 Å². The molecule has 2 aromatic heterocycles. The first-order chi connectivity index (χ1) is 11.0. The fourth-order valence-electron chi connectivity index (χ4n) is 2.37. The molecule has 0 atom stereocenters. The predicted molar refractivity (Wildman–Crippen MR) is 98.4 cm³/mol. The summed E-state index contributed by atoms with van der Waals surface area (Å²) in [6.45, 7) is 6.09. The van der Waals surface area contributed by atoms with Gasteiger partial charge < -0.3 is 5.32 Å². The van der Waals surface area contributed by atoms with Crippen LogP contribution < -0.4 is 5.32 Å². The van der Waals surface area contributed by atoms with E-state index in [2.05, 4.69) is 17.2 Å². The molecule has 0 fully saturated rings. The first kappa shape index (κ1) is 15.9. The highest BCUT2D eigenvalue weighted by Crippen LogP contribution is 2.31. The number of hydrogen-bond donors (Lipinski definition) is 1. The third-order valence-electron chi connectivity index (χ3n) is 3.67. The van der Waals surface area contributed by atoms with Crippen molar-refractivity contribution in [3.63, 3.8) is 0 Å². The second-order valence-electron chi connectivity index (χ2n) is 5.51. The lowest BCUT2D eigenvalue weighted by atomic mass is 10.1. The van der Waals surface area contributed by atoms with Gasteiger partial charge in [-0.2, -0.15) is 0 Å². The van der Waals surface area contributed by atoms with Crippen LogP contribution in [0.3, 0.4) is 0 Å². The molecule has 0 spiro atoms. The van der Waals surface area contributed by atoms with Crippen molar-refractivity contribution in [1.82, 2.24) is 4.98 Å². The van der Waals surface area contributed by atoms with Gasteiger partial charge in [-0.15, -0.1) is 22.7 Å². The Hall–Kier alpha value is -1.98. The fourth-order valence-corrected chi connectivity index (χ4v) is 4.12. The summed E-state index contributed by atoms with van der Waals surface area (Å²) in [4.78, 5) is 19.1. The zero-order valence-corrected chi connectivity index (χ0v) is 15.0. The van der Waals surface area contributed by atoms with E-state index in [9.17, 15) is 4.79 Å². The lowest BCUT2D eigenvalue weighted by molar-refractivity contribution is -0.115. The average Bonchev–Trinajstić information content (AvgIpc) is 3.12. The molecule has 1 N–H and O–H groups in total. The number of aromatic nitrogens is 1. The van der Waals surface area contributed by atoms with Crippen LogP contribution in [-0.2, 0) is 11.2 Å². The number of amides is 1. The Balaban J connectivity index is 1.77. The molecule has 0 radical (unpaired) electrons. The lowest BCUT2D eigenvalue weighted by Crippen LogP contribution is -2.14. The van der Waals surface area contributed by atoms with Crippen LogP contribution >= 0.6 is 22.7 Å². The van der Waals surface area contributed by atoms with E-state index in [1.165, 1.54) is 11.1 Å². The molecule has 0 unspecified atom stereocenters. The predicted octanol–water partition coefficient (Wildman–Crippen LogP) is 4.98. The number of anilines is 1. The van der Waals surface area contributed by atoms with Gasteiger partial charge in [-0.3, -0.25) is 4.79 Å². The summed E-state index contributed by atoms with van der Waals surface area (Å²) in [7, 11) is 0. The number of benzene rings is 1. The number of rotatable bonds is 4. The number of carbonyl (C=O) groups excluding carboxylic acids is 1. The molecule has 3 aromatic rings. The molecule has 2 heterocycles. The van der Waals surface area contributed by atoms with Crippen molar-refractivity contribution in [3.8, 4) is 10.6 Å². The smallest absolute Gasteiger partial charge is 0.229 e. The maximum absolute atomic E-state index is 12.4. The molecule has 3 nitrogen and oxygen atoms in total. The maximum atomic E-state index is 12.4. The summed E-state index contributed by atoms with van der Waals surface area (Å²) in [5.74, 6) is -0.00490. The summed E-state index contributed by atoms with van der Waals surface area (Å²) in [5.41, 5.74) is 4.19. The number of nitrogens with zero attached hydrogens (tertiary/aromatic N) is 1. The summed E-state index contributed by atoms with van der Waals surface area (Å²) in [6, 6.07) is 10.0. The van der Waals surface area contributed by atoms with Crippen LogP contribution in [0.4, 0.5) is 5.69 Å². The third kappa shape index (κ3) is 3.68. The molecule has 3 rings (SSSR count). The molecule has 0 bridgehead atoms. The van der Waals surface area contributed by atoms with E-state index in [1.807, 2.05) is 49.6 Å². The number of thiazole rings is 1. The van der Waals surface area contributed by atoms with Crippen LogP contribution in [0.2, 0.25) is 0 Å². The molecule has 0 aliphatic rings. The van der Waals surface area contributed by atoms with Crippen molar-refractivity contribution >= 4 is 34.3 Å². The second-order valence-corrected chi connectivity index (χ2v) is 7.74. The van der Waals surface area contributed by atoms with Crippen LogP contribution in [0.5, 0.6) is 0 Å². The quantitative estimate of drug-likeness (QED) is 0.726. The Morgan fingerprint density at radius 3 is 2.70 bits per heavy atom. The van der Waals surface area contributed by atoms with E-state index in [-0.39, 0.29) is 5.91 Å². The molecule has 5 heteroatoms. The topological polar surface area (TPSA) is 42.0 Å². The van der Waals surface area contributed by atoms with Gasteiger partial charge in [-0.05, 0) is 55.5 Å². The van der Waals surface area contributed by atoms with Crippen molar-refractivity contribution in [1.29, 1.82) is 0 Å². The highest BCUT2D eigenvalue weighted by molar-refractivity contribution is 7.15. The minimum absolute atomic E-state index is 0.00490. The highest BCUT2D eigenvalue weighted by atomic mass is 32.1. The number of hydrogen-bond acceptors (Lipinski definition) is 4. The molecule has 0 saturated carbocycles. The lowest BCUT2D eigenvalue weighted by Gasteiger charge is -2.07. The Morgan fingerprint density at radius 2 is 2.00 bits per heavy atom. The summed E-state index contributed by atoms with van der Waals surface area (Å²) >= 11 is 3.24. The zero-order valence-electron chi connectivity index (χ0n) is 13.3. The molecule has 1 aromatic carbocycles. The molecule has 0 aliphatic carbocycles. The minimum Gasteiger partial charge on any atom is -0.326 e. The zero-order chi connectivity index (χ0) is 16.4. The highest BCUT2D eigenvalue weighted by Gasteiger charge is 2.15. The van der Waals surface area contributed by atoms with Gasteiger partial charge in [0.1, 0.15) is 0 Å². The average molecular weight is 342 g/mol. The van der Waals surface area contributed by atoms with Crippen LogP contribution in [0.25, 0.3) is 10.6 Å². The molecule has 0 saturated heterocycles. The van der Waals surface area contributed by atoms with Crippen molar-refractivity contribution < 1.29 is 4.79 Å². The minimum atomic E-state index is -0.00490. The number of nitrogens with one attached hydrogen (secondary N) is 1. The standard InChI is InChI=1S/C18H18N2OS2/c1-11-6-7-14(9-12(11)2)20-17(21)10-16-18(19-13(3)23-16)15-5-4-8-22-15/h4-9H,10H2,1-3H3,(H,20,21). The van der Waals surface area contributed by atoms with Gasteiger partial charge in [-0.25, -0.2) is 4.98 Å². The van der Waals surface area contributed by atoms with E-state index >= 15 is 0 Å². The SMILES string of the molecule is Cc1nc(-c2cccs2)c(CC(=O)Nc2ccc(C)c(C)c2)s1. The number of thiophene rings is 1. The van der Waals surface area contributed by atoms with Gasteiger partial charge in [0.25, 0.3) is 0 Å². The second kappa shape index (κ2) is 6.64. The largest absolute Gasteiger partial charge is 0.326 e. The number of aryl methyl sites for hydroxylation is 3. The number of carbonyl (C=O) groups is 1. The van der Waals surface area contributed by atoms with Gasteiger partial charge >= 0.3 is 0 Å². The molecule has 118 valence electrons. The Kier molecular flexibility index (Phi) is 4.59. The van der Waals surface area contributed by atoms with E-state index in [0.717, 1.165) is 26.1 Å². The first-order valence-corrected chi connectivity index (χ1v) is 9.10. The van der Waals surface area contributed by atoms with Crippen molar-refractivity contribution in [2.75, 3.05) is 5.32 Å². The Labute approximate surface area is 144 Å². The molecule has 23 heavy (non-hydrogen) atoms. The first-order valence-electron chi connectivity index (χ1n) is 7.40. The van der Waals surface area contributed by atoms with Crippen LogP contribution in [0.15, 0.2) is 35.7 Å². The third-order valence-corrected chi connectivity index (χ3v) is 5.52.